The first-order chi connectivity index (χ1) is 19.6. The van der Waals surface area contributed by atoms with Gasteiger partial charge in [-0.3, -0.25) is 5.32 Å². The molecule has 0 saturated carbocycles. The van der Waals surface area contributed by atoms with Crippen LogP contribution in [0, 0.1) is 0 Å². The minimum atomic E-state index is -4.98. The van der Waals surface area contributed by atoms with Gasteiger partial charge in [0, 0.05) is 32.8 Å². The Bertz CT molecular complexity index is 1550. The molecule has 4 aromatic rings. The van der Waals surface area contributed by atoms with E-state index in [2.05, 4.69) is 29.9 Å². The van der Waals surface area contributed by atoms with E-state index in [0.717, 1.165) is 41.2 Å². The van der Waals surface area contributed by atoms with Crippen LogP contribution in [0.25, 0.3) is 11.0 Å². The van der Waals surface area contributed by atoms with Gasteiger partial charge in [0.1, 0.15) is 35.2 Å². The number of carbonyl (C=O) groups is 1. The fourth-order valence-corrected chi connectivity index (χ4v) is 4.66. The van der Waals surface area contributed by atoms with Gasteiger partial charge in [0.15, 0.2) is 0 Å². The molecular weight excluding hydrogens is 584 g/mol. The summed E-state index contributed by atoms with van der Waals surface area (Å²) in [5.74, 6) is -1.09. The van der Waals surface area contributed by atoms with Crippen molar-refractivity contribution in [2.24, 2.45) is 0 Å². The van der Waals surface area contributed by atoms with E-state index in [-0.39, 0.29) is 23.8 Å². The number of aromatic nitrogens is 2. The molecule has 0 saturated heterocycles. The lowest BCUT2D eigenvalue weighted by molar-refractivity contribution is -0.139. The second kappa shape index (κ2) is 12.1. The second-order valence-electron chi connectivity index (χ2n) is 10.5. The molecule has 2 heterocycles. The lowest BCUT2D eigenvalue weighted by Crippen LogP contribution is -2.22. The van der Waals surface area contributed by atoms with Crippen molar-refractivity contribution in [1.82, 2.24) is 9.55 Å². The standard InChI is InChI=1S/C28H27F6N3O4Si/c1-42(2,3)14-13-39-17-37-16-21(28(32,33)34)24-23(11-12-35-25(24)37)41-22-10-9-18(15-20(22)27(29,30)31)36-26(38)40-19-7-5-4-6-8-19/h4-12,15-16H,13-14,17H2,1-3H3,(H,36,38). The largest absolute Gasteiger partial charge is 0.456 e. The van der Waals surface area contributed by atoms with Crippen molar-refractivity contribution >= 4 is 30.9 Å². The highest BCUT2D eigenvalue weighted by molar-refractivity contribution is 6.76. The SMILES string of the molecule is C[Si](C)(C)CCOCn1cc(C(F)(F)F)c2c(Oc3ccc(NC(=O)Oc4ccccc4)cc3C(F)(F)F)ccnc21. The molecule has 1 amide bonds. The Kier molecular flexibility index (Phi) is 8.87. The Hall–Kier alpha value is -4.04. The number of halogens is 6. The van der Waals surface area contributed by atoms with Crippen molar-refractivity contribution in [2.45, 2.75) is 44.8 Å². The van der Waals surface area contributed by atoms with Crippen molar-refractivity contribution in [3.8, 4) is 17.2 Å². The van der Waals surface area contributed by atoms with E-state index in [9.17, 15) is 31.1 Å². The van der Waals surface area contributed by atoms with Gasteiger partial charge in [0.25, 0.3) is 0 Å². The van der Waals surface area contributed by atoms with Gasteiger partial charge in [-0.15, -0.1) is 0 Å². The number of hydrogen-bond acceptors (Lipinski definition) is 5. The first-order valence-corrected chi connectivity index (χ1v) is 16.4. The molecule has 2 aromatic carbocycles. The van der Waals surface area contributed by atoms with Gasteiger partial charge < -0.3 is 18.8 Å². The van der Waals surface area contributed by atoms with Crippen LogP contribution in [0.15, 0.2) is 67.0 Å². The van der Waals surface area contributed by atoms with Crippen LogP contribution >= 0.6 is 0 Å². The summed E-state index contributed by atoms with van der Waals surface area (Å²) >= 11 is 0. The number of rotatable bonds is 9. The fourth-order valence-electron chi connectivity index (χ4n) is 3.90. The van der Waals surface area contributed by atoms with Gasteiger partial charge in [-0.05, 0) is 42.4 Å². The molecule has 42 heavy (non-hydrogen) atoms. The van der Waals surface area contributed by atoms with Crippen LogP contribution in [-0.2, 0) is 23.8 Å². The number of anilines is 1. The number of para-hydroxylation sites is 1. The molecule has 4 rings (SSSR count). The van der Waals surface area contributed by atoms with Crippen molar-refractivity contribution in [1.29, 1.82) is 0 Å². The van der Waals surface area contributed by atoms with Gasteiger partial charge >= 0.3 is 18.4 Å². The Labute approximate surface area is 238 Å². The maximum atomic E-state index is 14.0. The fraction of sp³-hybridized carbons (Fsp3) is 0.286. The second-order valence-corrected chi connectivity index (χ2v) is 16.1. The molecule has 0 spiro atoms. The lowest BCUT2D eigenvalue weighted by Gasteiger charge is -2.17. The van der Waals surface area contributed by atoms with E-state index in [4.69, 9.17) is 14.2 Å². The number of nitrogens with one attached hydrogen (secondary N) is 1. The molecule has 7 nitrogen and oxygen atoms in total. The molecule has 0 fully saturated rings. The molecule has 14 heteroatoms. The van der Waals surface area contributed by atoms with Crippen molar-refractivity contribution in [3.63, 3.8) is 0 Å². The zero-order valence-corrected chi connectivity index (χ0v) is 23.8. The first kappa shape index (κ1) is 30.9. The monoisotopic (exact) mass is 611 g/mol. The maximum Gasteiger partial charge on any atom is 0.420 e. The van der Waals surface area contributed by atoms with Crippen LogP contribution in [0.2, 0.25) is 25.7 Å². The Morgan fingerprint density at radius 1 is 0.929 bits per heavy atom. The van der Waals surface area contributed by atoms with Gasteiger partial charge in [-0.2, -0.15) is 26.3 Å². The summed E-state index contributed by atoms with van der Waals surface area (Å²) in [5, 5.41) is 1.69. The zero-order chi connectivity index (χ0) is 30.7. The number of benzene rings is 2. The number of carbonyl (C=O) groups excluding carboxylic acids is 1. The van der Waals surface area contributed by atoms with Gasteiger partial charge in [0.05, 0.1) is 10.9 Å². The van der Waals surface area contributed by atoms with Crippen LogP contribution < -0.4 is 14.8 Å². The van der Waals surface area contributed by atoms with Gasteiger partial charge in [0.2, 0.25) is 0 Å². The first-order valence-electron chi connectivity index (χ1n) is 12.7. The minimum Gasteiger partial charge on any atom is -0.456 e. The third kappa shape index (κ3) is 7.82. The van der Waals surface area contributed by atoms with E-state index in [1.54, 1.807) is 18.2 Å². The lowest BCUT2D eigenvalue weighted by atomic mass is 10.1. The molecule has 2 aromatic heterocycles. The van der Waals surface area contributed by atoms with Crippen molar-refractivity contribution < 1.29 is 45.3 Å². The Morgan fingerprint density at radius 3 is 2.26 bits per heavy atom. The summed E-state index contributed by atoms with van der Waals surface area (Å²) < 4.78 is 101. The highest BCUT2D eigenvalue weighted by Gasteiger charge is 2.38. The van der Waals surface area contributed by atoms with E-state index < -0.39 is 54.5 Å². The number of ether oxygens (including phenoxy) is 3. The number of alkyl halides is 6. The summed E-state index contributed by atoms with van der Waals surface area (Å²) in [4.78, 5) is 16.2. The molecule has 0 unspecified atom stereocenters. The number of nitrogens with zero attached hydrogens (tertiary/aromatic N) is 2. The Morgan fingerprint density at radius 2 is 1.62 bits per heavy atom. The predicted molar refractivity (Wildman–Crippen MR) is 146 cm³/mol. The van der Waals surface area contributed by atoms with E-state index >= 15 is 0 Å². The minimum absolute atomic E-state index is 0.164. The molecular formula is C28H27F6N3O4Si. The molecule has 1 N–H and O–H groups in total. The van der Waals surface area contributed by atoms with Crippen molar-refractivity contribution in [2.75, 3.05) is 11.9 Å². The smallest absolute Gasteiger partial charge is 0.420 e. The van der Waals surface area contributed by atoms with Gasteiger partial charge in [-0.25, -0.2) is 9.78 Å². The molecule has 224 valence electrons. The van der Waals surface area contributed by atoms with E-state index in [0.29, 0.717) is 12.7 Å². The topological polar surface area (TPSA) is 74.6 Å². The molecule has 0 bridgehead atoms. The predicted octanol–water partition coefficient (Wildman–Crippen LogP) is 8.79. The number of hydrogen-bond donors (Lipinski definition) is 1. The normalized spacial score (nSPS) is 12.4. The number of pyridine rings is 1. The molecule has 0 radical (unpaired) electrons. The van der Waals surface area contributed by atoms with E-state index in [1.165, 1.54) is 12.1 Å². The van der Waals surface area contributed by atoms with Gasteiger partial charge in [-0.1, -0.05) is 37.8 Å². The quantitative estimate of drug-likeness (QED) is 0.116. The summed E-state index contributed by atoms with van der Waals surface area (Å²) in [6.45, 7) is 6.48. The van der Waals surface area contributed by atoms with Crippen LogP contribution in [-0.4, -0.2) is 30.3 Å². The Balaban J connectivity index is 1.65. The average Bonchev–Trinajstić information content (AvgIpc) is 3.27. The third-order valence-corrected chi connectivity index (χ3v) is 7.66. The van der Waals surface area contributed by atoms with E-state index in [1.807, 2.05) is 0 Å². The highest BCUT2D eigenvalue weighted by Crippen LogP contribution is 2.44. The number of amides is 1. The average molecular weight is 612 g/mol. The maximum absolute atomic E-state index is 14.0. The molecule has 0 aliphatic heterocycles. The highest BCUT2D eigenvalue weighted by atomic mass is 28.3. The van der Waals surface area contributed by atoms with Crippen LogP contribution in [0.1, 0.15) is 11.1 Å². The van der Waals surface area contributed by atoms with Crippen molar-refractivity contribution in [3.05, 3.63) is 78.1 Å². The van der Waals surface area contributed by atoms with Crippen LogP contribution in [0.4, 0.5) is 36.8 Å². The van der Waals surface area contributed by atoms with Crippen LogP contribution in [0.5, 0.6) is 17.2 Å². The molecule has 0 aliphatic rings. The third-order valence-electron chi connectivity index (χ3n) is 5.96. The summed E-state index contributed by atoms with van der Waals surface area (Å²) in [6.07, 6.45) is -8.94. The summed E-state index contributed by atoms with van der Waals surface area (Å²) in [7, 11) is -1.45. The summed E-state index contributed by atoms with van der Waals surface area (Å²) in [5.41, 5.74) is -2.89. The molecule has 0 atom stereocenters. The van der Waals surface area contributed by atoms with Crippen LogP contribution in [0.3, 0.4) is 0 Å². The molecule has 0 aliphatic carbocycles. The summed E-state index contributed by atoms with van der Waals surface area (Å²) in [6, 6.07) is 12.3. The zero-order valence-electron chi connectivity index (χ0n) is 22.8. The number of fused-ring (bicyclic) bond motifs is 1.